The zero-order chi connectivity index (χ0) is 45.0. The average Bonchev–Trinajstić information content (AvgIpc) is 3.83. The number of rotatable bonds is 9. The first-order chi connectivity index (χ1) is 31.4. The number of likely N-dealkylation sites (tertiary alicyclic amines) is 2. The number of hydrogen-bond acceptors (Lipinski definition) is 10. The van der Waals surface area contributed by atoms with Crippen LogP contribution in [0.2, 0.25) is 0 Å². The van der Waals surface area contributed by atoms with E-state index in [1.165, 1.54) is 30.6 Å². The second-order valence-electron chi connectivity index (χ2n) is 19.6. The van der Waals surface area contributed by atoms with Crippen molar-refractivity contribution in [1.29, 1.82) is 0 Å². The number of nitrogens with one attached hydrogen (secondary N) is 1. The Hall–Kier alpha value is -5.96. The van der Waals surface area contributed by atoms with Crippen LogP contribution < -0.4 is 37.2 Å². The number of nitrogens with two attached hydrogens (primary N) is 3. The van der Waals surface area contributed by atoms with Gasteiger partial charge >= 0.3 is 6.03 Å². The van der Waals surface area contributed by atoms with E-state index in [-0.39, 0.29) is 54.0 Å². The molecular formula is C50H62F2N10O3. The molecule has 5 saturated heterocycles. The third-order valence-electron chi connectivity index (χ3n) is 15.8. The van der Waals surface area contributed by atoms with Crippen molar-refractivity contribution in [2.75, 3.05) is 67.1 Å². The number of piperidine rings is 2. The van der Waals surface area contributed by atoms with Crippen LogP contribution in [0, 0.1) is 23.0 Å². The maximum absolute atomic E-state index is 15.6. The Balaban J connectivity index is 0.707. The summed E-state index contributed by atoms with van der Waals surface area (Å²) in [6, 6.07) is 18.0. The molecule has 3 aromatic carbocycles. The highest BCUT2D eigenvalue weighted by molar-refractivity contribution is 6.06. The Morgan fingerprint density at radius 2 is 1.51 bits per heavy atom. The van der Waals surface area contributed by atoms with Crippen molar-refractivity contribution in [2.24, 2.45) is 28.5 Å². The van der Waals surface area contributed by atoms with Crippen LogP contribution in [0.5, 0.6) is 5.75 Å². The molecule has 15 heteroatoms. The van der Waals surface area contributed by atoms with Crippen LogP contribution in [0.3, 0.4) is 0 Å². The highest BCUT2D eigenvalue weighted by Crippen LogP contribution is 2.49. The molecule has 6 heterocycles. The SMILES string of the molecule is NC(N)=C(/C=C(\N)c1ccccc1O)N1CC2CCC(C1)N2c1ccc(F)c(N2CCC(CN3CCC4(CCC(n5ccc6cc(N7CCC(=O)NC7=O)c(F)cc65)CC4)CC3)CC2)c1. The van der Waals surface area contributed by atoms with Crippen molar-refractivity contribution >= 4 is 45.6 Å². The standard InChI is InChI=1S/C50H62F2N10O3/c51-39-8-7-35(62-36-5-6-37(62)31-59(30-36)45(48(54)55)28-41(53)38-3-1-2-4-46(38)63)26-43(39)58-19-11-32(12-20-58)29-57-23-17-50(18-24-57)15-9-34(10-16-50)60-21-13-33-25-44(40(52)27-42(33)60)61-22-14-47(64)56-49(61)65/h1-4,7-8,13,21,25-28,32,34,36-37,63H,5-6,9-12,14-20,22-24,29-31,53-55H2,(H,56,64,65)/b41-28-. The van der Waals surface area contributed by atoms with Gasteiger partial charge in [-0.15, -0.1) is 0 Å². The van der Waals surface area contributed by atoms with Gasteiger partial charge < -0.3 is 46.5 Å². The first kappa shape index (κ1) is 43.0. The molecule has 6 aliphatic rings. The number of aromatic nitrogens is 1. The Kier molecular flexibility index (Phi) is 11.5. The van der Waals surface area contributed by atoms with E-state index >= 15 is 8.78 Å². The van der Waals surface area contributed by atoms with Gasteiger partial charge in [0.2, 0.25) is 5.91 Å². The Labute approximate surface area is 379 Å². The summed E-state index contributed by atoms with van der Waals surface area (Å²) in [4.78, 5) is 35.0. The summed E-state index contributed by atoms with van der Waals surface area (Å²) in [5, 5.41) is 13.6. The third kappa shape index (κ3) is 8.43. The van der Waals surface area contributed by atoms with Gasteiger partial charge in [-0.25, -0.2) is 13.6 Å². The molecule has 2 unspecified atom stereocenters. The van der Waals surface area contributed by atoms with Gasteiger partial charge in [-0.2, -0.15) is 0 Å². The lowest BCUT2D eigenvalue weighted by Crippen LogP contribution is -2.54. The van der Waals surface area contributed by atoms with Crippen molar-refractivity contribution in [3.8, 4) is 5.75 Å². The van der Waals surface area contributed by atoms with E-state index in [0.717, 1.165) is 87.8 Å². The largest absolute Gasteiger partial charge is 0.507 e. The molecule has 2 atom stereocenters. The van der Waals surface area contributed by atoms with E-state index in [0.29, 0.717) is 53.1 Å². The Bertz CT molecular complexity index is 2500. The molecule has 2 bridgehead atoms. The fourth-order valence-electron chi connectivity index (χ4n) is 12.1. The number of aromatic hydroxyl groups is 1. The van der Waals surface area contributed by atoms with Gasteiger partial charge in [-0.3, -0.25) is 15.0 Å². The number of hydrogen-bond donors (Lipinski definition) is 5. The second-order valence-corrected chi connectivity index (χ2v) is 19.6. The molecule has 1 saturated carbocycles. The van der Waals surface area contributed by atoms with Crippen LogP contribution in [0.4, 0.5) is 30.6 Å². The highest BCUT2D eigenvalue weighted by Gasteiger charge is 2.42. The van der Waals surface area contributed by atoms with Crippen molar-refractivity contribution in [3.63, 3.8) is 0 Å². The lowest BCUT2D eigenvalue weighted by atomic mass is 9.67. The van der Waals surface area contributed by atoms with Crippen molar-refractivity contribution in [2.45, 2.75) is 88.8 Å². The molecule has 3 amide bonds. The number of imide groups is 1. The topological polar surface area (TPSA) is 166 Å². The second kappa shape index (κ2) is 17.4. The molecule has 6 fully saturated rings. The molecule has 8 N–H and O–H groups in total. The maximum Gasteiger partial charge on any atom is 0.328 e. The molecule has 4 aromatic rings. The summed E-state index contributed by atoms with van der Waals surface area (Å²) in [6.45, 7) is 6.58. The summed E-state index contributed by atoms with van der Waals surface area (Å²) in [6.07, 6.45) is 15.0. The van der Waals surface area contributed by atoms with E-state index in [2.05, 4.69) is 41.7 Å². The molecule has 65 heavy (non-hydrogen) atoms. The minimum absolute atomic E-state index is 0.0971. The van der Waals surface area contributed by atoms with Crippen molar-refractivity contribution in [3.05, 3.63) is 102 Å². The number of para-hydroxylation sites is 1. The van der Waals surface area contributed by atoms with Crippen LogP contribution in [0.1, 0.15) is 82.2 Å². The van der Waals surface area contributed by atoms with Crippen LogP contribution >= 0.6 is 0 Å². The smallest absolute Gasteiger partial charge is 0.328 e. The summed E-state index contributed by atoms with van der Waals surface area (Å²) in [7, 11) is 0. The molecule has 1 aromatic heterocycles. The average molecular weight is 889 g/mol. The number of carbonyl (C=O) groups is 2. The van der Waals surface area contributed by atoms with E-state index < -0.39 is 11.8 Å². The zero-order valence-electron chi connectivity index (χ0n) is 37.1. The number of amides is 3. The third-order valence-corrected chi connectivity index (χ3v) is 15.8. The van der Waals surface area contributed by atoms with Crippen LogP contribution in [0.25, 0.3) is 16.6 Å². The molecule has 0 radical (unpaired) electrons. The number of halogens is 2. The van der Waals surface area contributed by atoms with E-state index in [1.807, 2.05) is 18.2 Å². The van der Waals surface area contributed by atoms with Gasteiger partial charge in [0.1, 0.15) is 23.2 Å². The molecule has 5 aliphatic heterocycles. The minimum atomic E-state index is -0.579. The number of phenols is 1. The van der Waals surface area contributed by atoms with E-state index in [4.69, 9.17) is 17.2 Å². The molecule has 13 nitrogen and oxygen atoms in total. The van der Waals surface area contributed by atoms with Gasteiger partial charge in [-0.1, -0.05) is 12.1 Å². The molecule has 10 rings (SSSR count). The van der Waals surface area contributed by atoms with Gasteiger partial charge in [0.25, 0.3) is 0 Å². The van der Waals surface area contributed by atoms with Gasteiger partial charge in [0.05, 0.1) is 22.6 Å². The maximum atomic E-state index is 15.6. The molecule has 1 spiro atoms. The number of carbonyl (C=O) groups excluding carboxylic acids is 2. The predicted octanol–water partition coefficient (Wildman–Crippen LogP) is 6.92. The number of nitrogens with zero attached hydrogens (tertiary/aromatic N) is 6. The number of phenolic OH excluding ortho intramolecular Hbond substituents is 1. The molecule has 344 valence electrons. The first-order valence-corrected chi connectivity index (χ1v) is 23.6. The van der Waals surface area contributed by atoms with Crippen molar-refractivity contribution < 1.29 is 23.5 Å². The fourth-order valence-corrected chi connectivity index (χ4v) is 12.1. The van der Waals surface area contributed by atoms with E-state index in [1.54, 1.807) is 42.5 Å². The minimum Gasteiger partial charge on any atom is -0.507 e. The lowest BCUT2D eigenvalue weighted by molar-refractivity contribution is -0.120. The Morgan fingerprint density at radius 1 is 0.785 bits per heavy atom. The molecule has 1 aliphatic carbocycles. The van der Waals surface area contributed by atoms with Crippen LogP contribution in [-0.4, -0.2) is 95.9 Å². The summed E-state index contributed by atoms with van der Waals surface area (Å²) in [5.74, 6) is -0.0914. The normalized spacial score (nSPS) is 23.4. The highest BCUT2D eigenvalue weighted by atomic mass is 19.1. The predicted molar refractivity (Wildman–Crippen MR) is 251 cm³/mol. The molecular weight excluding hydrogens is 827 g/mol. The van der Waals surface area contributed by atoms with Crippen molar-refractivity contribution in [1.82, 2.24) is 19.7 Å². The fraction of sp³-hybridized carbons (Fsp3) is 0.480. The summed E-state index contributed by atoms with van der Waals surface area (Å²) >= 11 is 0. The van der Waals surface area contributed by atoms with Gasteiger partial charge in [0, 0.05) is 98.4 Å². The number of allylic oxidation sites excluding steroid dienone is 1. The van der Waals surface area contributed by atoms with Crippen LogP contribution in [-0.2, 0) is 4.79 Å². The number of urea groups is 1. The number of piperazine rings is 1. The lowest BCUT2D eigenvalue weighted by Gasteiger charge is -2.47. The van der Waals surface area contributed by atoms with E-state index in [9.17, 15) is 14.7 Å². The van der Waals surface area contributed by atoms with Gasteiger partial charge in [0.15, 0.2) is 0 Å². The summed E-state index contributed by atoms with van der Waals surface area (Å²) < 4.78 is 33.3. The number of fused-ring (bicyclic) bond motifs is 3. The van der Waals surface area contributed by atoms with Gasteiger partial charge in [-0.05, 0) is 137 Å². The first-order valence-electron chi connectivity index (χ1n) is 23.6. The summed E-state index contributed by atoms with van der Waals surface area (Å²) in [5.41, 5.74) is 23.6. The number of anilines is 3. The monoisotopic (exact) mass is 888 g/mol. The Morgan fingerprint density at radius 3 is 2.20 bits per heavy atom. The number of benzene rings is 3. The quantitative estimate of drug-likeness (QED) is 0.111. The zero-order valence-corrected chi connectivity index (χ0v) is 37.1. The van der Waals surface area contributed by atoms with Crippen LogP contribution in [0.15, 0.2) is 84.5 Å².